The Labute approximate surface area is 95.1 Å². The predicted molar refractivity (Wildman–Crippen MR) is 60.3 cm³/mol. The van der Waals surface area contributed by atoms with Gasteiger partial charge >= 0.3 is 0 Å². The molecule has 0 fully saturated rings. The highest BCUT2D eigenvalue weighted by atomic mass is 32.2. The maximum absolute atomic E-state index is 11.7. The van der Waals surface area contributed by atoms with Crippen LogP contribution in [0, 0.1) is 11.3 Å². The molecule has 0 unspecified atom stereocenters. The van der Waals surface area contributed by atoms with E-state index < -0.39 is 10.0 Å². The first-order valence-corrected chi connectivity index (χ1v) is 6.23. The summed E-state index contributed by atoms with van der Waals surface area (Å²) in [6.45, 7) is 0.868. The second kappa shape index (κ2) is 5.61. The van der Waals surface area contributed by atoms with Crippen molar-refractivity contribution >= 4 is 10.0 Å². The van der Waals surface area contributed by atoms with Gasteiger partial charge in [0.05, 0.1) is 16.5 Å². The van der Waals surface area contributed by atoms with Gasteiger partial charge in [-0.05, 0) is 25.2 Å². The van der Waals surface area contributed by atoms with Crippen LogP contribution in [0.25, 0.3) is 0 Å². The third-order valence-corrected chi connectivity index (χ3v) is 3.40. The average molecular weight is 239 g/mol. The van der Waals surface area contributed by atoms with Crippen molar-refractivity contribution in [1.82, 2.24) is 10.0 Å². The summed E-state index contributed by atoms with van der Waals surface area (Å²) in [4.78, 5) is 0.114. The second-order valence-electron chi connectivity index (χ2n) is 3.14. The van der Waals surface area contributed by atoms with E-state index in [1.165, 1.54) is 12.1 Å². The van der Waals surface area contributed by atoms with Gasteiger partial charge in [-0.1, -0.05) is 6.07 Å². The van der Waals surface area contributed by atoms with Crippen LogP contribution < -0.4 is 10.0 Å². The van der Waals surface area contributed by atoms with E-state index in [0.29, 0.717) is 18.7 Å². The van der Waals surface area contributed by atoms with E-state index in [2.05, 4.69) is 10.0 Å². The molecule has 0 saturated carbocycles. The number of sulfonamides is 1. The molecule has 0 aliphatic carbocycles. The zero-order valence-corrected chi connectivity index (χ0v) is 9.71. The van der Waals surface area contributed by atoms with E-state index in [4.69, 9.17) is 5.26 Å². The van der Waals surface area contributed by atoms with Crippen LogP contribution in [-0.2, 0) is 10.0 Å². The summed E-state index contributed by atoms with van der Waals surface area (Å²) in [7, 11) is -1.77. The van der Waals surface area contributed by atoms with Crippen LogP contribution in [0.1, 0.15) is 5.56 Å². The fourth-order valence-corrected chi connectivity index (χ4v) is 2.20. The lowest BCUT2D eigenvalue weighted by Gasteiger charge is -2.06. The molecule has 1 aromatic carbocycles. The van der Waals surface area contributed by atoms with Gasteiger partial charge in [0.25, 0.3) is 0 Å². The molecule has 0 spiro atoms. The van der Waals surface area contributed by atoms with Crippen molar-refractivity contribution in [2.45, 2.75) is 4.90 Å². The molecule has 0 aliphatic rings. The monoisotopic (exact) mass is 239 g/mol. The molecule has 0 amide bonds. The van der Waals surface area contributed by atoms with E-state index in [-0.39, 0.29) is 4.90 Å². The van der Waals surface area contributed by atoms with E-state index in [1.807, 2.05) is 6.07 Å². The van der Waals surface area contributed by atoms with Crippen molar-refractivity contribution in [2.24, 2.45) is 0 Å². The van der Waals surface area contributed by atoms with Gasteiger partial charge in [-0.2, -0.15) is 5.26 Å². The number of nitrogens with one attached hydrogen (secondary N) is 2. The van der Waals surface area contributed by atoms with Crippen molar-refractivity contribution in [3.8, 4) is 6.07 Å². The first-order valence-electron chi connectivity index (χ1n) is 4.74. The molecule has 0 bridgehead atoms. The van der Waals surface area contributed by atoms with Crippen LogP contribution >= 0.6 is 0 Å². The van der Waals surface area contributed by atoms with Crippen molar-refractivity contribution in [3.63, 3.8) is 0 Å². The fourth-order valence-electron chi connectivity index (χ4n) is 1.13. The number of nitriles is 1. The third-order valence-electron chi connectivity index (χ3n) is 1.94. The Bertz CT molecular complexity index is 491. The summed E-state index contributed by atoms with van der Waals surface area (Å²) >= 11 is 0. The molecule has 0 heterocycles. The van der Waals surface area contributed by atoms with Gasteiger partial charge in [-0.15, -0.1) is 0 Å². The molecular weight excluding hydrogens is 226 g/mol. The van der Waals surface area contributed by atoms with Gasteiger partial charge in [0.2, 0.25) is 10.0 Å². The largest absolute Gasteiger partial charge is 0.318 e. The van der Waals surface area contributed by atoms with Crippen LogP contribution in [0.4, 0.5) is 0 Å². The van der Waals surface area contributed by atoms with Gasteiger partial charge in [-0.25, -0.2) is 13.1 Å². The minimum Gasteiger partial charge on any atom is -0.318 e. The SMILES string of the molecule is CNCCNS(=O)(=O)c1cccc(C#N)c1. The first-order chi connectivity index (χ1) is 7.60. The summed E-state index contributed by atoms with van der Waals surface area (Å²) in [6, 6.07) is 7.82. The Kier molecular flexibility index (Phi) is 4.43. The van der Waals surface area contributed by atoms with Crippen LogP contribution in [-0.4, -0.2) is 28.6 Å². The van der Waals surface area contributed by atoms with Crippen molar-refractivity contribution in [1.29, 1.82) is 5.26 Å². The number of benzene rings is 1. The lowest BCUT2D eigenvalue weighted by molar-refractivity contribution is 0.579. The molecule has 1 aromatic rings. The molecule has 5 nitrogen and oxygen atoms in total. The van der Waals surface area contributed by atoms with Crippen molar-refractivity contribution in [2.75, 3.05) is 20.1 Å². The molecule has 2 N–H and O–H groups in total. The quantitative estimate of drug-likeness (QED) is 0.712. The Balaban J connectivity index is 2.86. The highest BCUT2D eigenvalue weighted by molar-refractivity contribution is 7.89. The van der Waals surface area contributed by atoms with Crippen molar-refractivity contribution in [3.05, 3.63) is 29.8 Å². The zero-order chi connectivity index (χ0) is 12.0. The molecular formula is C10H13N3O2S. The van der Waals surface area contributed by atoms with Crippen LogP contribution in [0.5, 0.6) is 0 Å². The number of likely N-dealkylation sites (N-methyl/N-ethyl adjacent to an activating group) is 1. The minimum atomic E-state index is -3.51. The van der Waals surface area contributed by atoms with Crippen LogP contribution in [0.15, 0.2) is 29.2 Å². The topological polar surface area (TPSA) is 82.0 Å². The van der Waals surface area contributed by atoms with E-state index in [9.17, 15) is 8.42 Å². The number of nitrogens with zero attached hydrogens (tertiary/aromatic N) is 1. The summed E-state index contributed by atoms with van der Waals surface area (Å²) in [5.74, 6) is 0. The summed E-state index contributed by atoms with van der Waals surface area (Å²) in [5.41, 5.74) is 0.330. The molecule has 0 aliphatic heterocycles. The smallest absolute Gasteiger partial charge is 0.240 e. The number of hydrogen-bond donors (Lipinski definition) is 2. The van der Waals surface area contributed by atoms with Gasteiger partial charge in [0.15, 0.2) is 0 Å². The molecule has 0 radical (unpaired) electrons. The van der Waals surface area contributed by atoms with Crippen molar-refractivity contribution < 1.29 is 8.42 Å². The van der Waals surface area contributed by atoms with Gasteiger partial charge in [-0.3, -0.25) is 0 Å². The average Bonchev–Trinajstić information content (AvgIpc) is 2.29. The molecule has 1 rings (SSSR count). The molecule has 86 valence electrons. The normalized spacial score (nSPS) is 11.0. The van der Waals surface area contributed by atoms with Crippen LogP contribution in [0.2, 0.25) is 0 Å². The maximum Gasteiger partial charge on any atom is 0.240 e. The summed E-state index contributed by atoms with van der Waals surface area (Å²) in [6.07, 6.45) is 0. The molecule has 0 saturated heterocycles. The summed E-state index contributed by atoms with van der Waals surface area (Å²) in [5, 5.41) is 11.5. The first kappa shape index (κ1) is 12.6. The van der Waals surface area contributed by atoms with E-state index in [1.54, 1.807) is 19.2 Å². The zero-order valence-electron chi connectivity index (χ0n) is 8.90. The Hall–Kier alpha value is -1.42. The minimum absolute atomic E-state index is 0.114. The Morgan fingerprint density at radius 3 is 2.75 bits per heavy atom. The van der Waals surface area contributed by atoms with E-state index in [0.717, 1.165) is 0 Å². The van der Waals surface area contributed by atoms with E-state index >= 15 is 0 Å². The fraction of sp³-hybridized carbons (Fsp3) is 0.300. The lowest BCUT2D eigenvalue weighted by Crippen LogP contribution is -2.30. The maximum atomic E-state index is 11.7. The highest BCUT2D eigenvalue weighted by Crippen LogP contribution is 2.10. The summed E-state index contributed by atoms with van der Waals surface area (Å²) < 4.78 is 25.9. The Morgan fingerprint density at radius 2 is 2.12 bits per heavy atom. The number of hydrogen-bond acceptors (Lipinski definition) is 4. The van der Waals surface area contributed by atoms with Gasteiger partial charge in [0, 0.05) is 13.1 Å². The van der Waals surface area contributed by atoms with Gasteiger partial charge in [0.1, 0.15) is 0 Å². The Morgan fingerprint density at radius 1 is 1.38 bits per heavy atom. The highest BCUT2D eigenvalue weighted by Gasteiger charge is 2.13. The second-order valence-corrected chi connectivity index (χ2v) is 4.91. The van der Waals surface area contributed by atoms with Crippen LogP contribution in [0.3, 0.4) is 0 Å². The molecule has 6 heteroatoms. The lowest BCUT2D eigenvalue weighted by atomic mass is 10.2. The molecule has 0 aromatic heterocycles. The molecule has 0 atom stereocenters. The standard InChI is InChI=1S/C10H13N3O2S/c1-12-5-6-13-16(14,15)10-4-2-3-9(7-10)8-11/h2-4,7,12-13H,5-6H2,1H3. The van der Waals surface area contributed by atoms with Gasteiger partial charge < -0.3 is 5.32 Å². The molecule has 16 heavy (non-hydrogen) atoms. The third kappa shape index (κ3) is 3.31. The number of rotatable bonds is 5. The predicted octanol–water partition coefficient (Wildman–Crippen LogP) is 0.0560.